The number of aromatic nitrogens is 5. The number of para-hydroxylation sites is 2. The van der Waals surface area contributed by atoms with Crippen molar-refractivity contribution >= 4 is 43.6 Å². The molecule has 15 aromatic rings. The Morgan fingerprint density at radius 3 is 1.14 bits per heavy atom. The highest BCUT2D eigenvalue weighted by atomic mass is 15.3. The molecular formula is C81H57N5. The summed E-state index contributed by atoms with van der Waals surface area (Å²) in [6.45, 7) is 9.40. The molecule has 12 aromatic carbocycles. The fourth-order valence-corrected chi connectivity index (χ4v) is 14.5. The Morgan fingerprint density at radius 2 is 0.605 bits per heavy atom. The summed E-state index contributed by atoms with van der Waals surface area (Å²) in [6.07, 6.45) is 0. The highest BCUT2D eigenvalue weighted by Gasteiger charge is 2.37. The van der Waals surface area contributed by atoms with Crippen LogP contribution in [0.2, 0.25) is 0 Å². The first kappa shape index (κ1) is 49.8. The second kappa shape index (κ2) is 18.9. The maximum Gasteiger partial charge on any atom is 0.240 e. The minimum atomic E-state index is -0.112. The van der Waals surface area contributed by atoms with Gasteiger partial charge in [-0.15, -0.1) is 0 Å². The minimum Gasteiger partial charge on any atom is -0.278 e. The van der Waals surface area contributed by atoms with E-state index in [9.17, 15) is 0 Å². The van der Waals surface area contributed by atoms with Crippen molar-refractivity contribution in [2.45, 2.75) is 38.5 Å². The van der Waals surface area contributed by atoms with E-state index in [-0.39, 0.29) is 10.8 Å². The Bertz CT molecular complexity index is 5050. The molecule has 0 N–H and O–H groups in total. The van der Waals surface area contributed by atoms with Crippen LogP contribution in [0.1, 0.15) is 49.9 Å². The molecule has 0 amide bonds. The summed E-state index contributed by atoms with van der Waals surface area (Å²) in [4.78, 5) is 16.7. The number of nitrogens with zero attached hydrogens (tertiary/aromatic N) is 5. The van der Waals surface area contributed by atoms with Crippen LogP contribution in [-0.2, 0) is 10.8 Å². The predicted octanol–water partition coefficient (Wildman–Crippen LogP) is 20.7. The van der Waals surface area contributed by atoms with Gasteiger partial charge in [0.25, 0.3) is 0 Å². The van der Waals surface area contributed by atoms with E-state index in [1.807, 2.05) is 0 Å². The van der Waals surface area contributed by atoms with Gasteiger partial charge in [-0.2, -0.15) is 15.0 Å². The maximum atomic E-state index is 5.62. The van der Waals surface area contributed by atoms with Crippen LogP contribution in [0.3, 0.4) is 0 Å². The van der Waals surface area contributed by atoms with Crippen molar-refractivity contribution in [1.29, 1.82) is 0 Å². The monoisotopic (exact) mass is 1100 g/mol. The van der Waals surface area contributed by atoms with Crippen molar-refractivity contribution < 1.29 is 0 Å². The molecule has 0 fully saturated rings. The molecule has 5 nitrogen and oxygen atoms in total. The first-order valence-corrected chi connectivity index (χ1v) is 29.8. The molecular weight excluding hydrogens is 1040 g/mol. The number of benzene rings is 12. The van der Waals surface area contributed by atoms with Crippen LogP contribution >= 0.6 is 0 Å². The average molecular weight is 1100 g/mol. The molecule has 86 heavy (non-hydrogen) atoms. The van der Waals surface area contributed by atoms with Crippen LogP contribution in [-0.4, -0.2) is 24.1 Å². The molecule has 5 heteroatoms. The Hall–Kier alpha value is -10.8. The Balaban J connectivity index is 0.850. The zero-order valence-electron chi connectivity index (χ0n) is 48.2. The predicted molar refractivity (Wildman–Crippen MR) is 356 cm³/mol. The van der Waals surface area contributed by atoms with Gasteiger partial charge in [0.1, 0.15) is 0 Å². The SMILES string of the molecule is CC1(C)c2ccccc2-c2ccc(-c3ccc4c(c3)c3ccccc3n4-c3nc(-c4cccc(-c5ccc(-c6ccccc6)c(-c6ccccc6)c5)c4)nc(-n4c5ccccc5c5cc(-c6ccc7c(c6)C(C)(C)c6ccccc6-7)ccc54)n3)cc21. The third-order valence-electron chi connectivity index (χ3n) is 18.8. The van der Waals surface area contributed by atoms with Gasteiger partial charge in [0.05, 0.1) is 22.1 Å². The van der Waals surface area contributed by atoms with Crippen molar-refractivity contribution in [3.63, 3.8) is 0 Å². The van der Waals surface area contributed by atoms with E-state index >= 15 is 0 Å². The molecule has 0 spiro atoms. The van der Waals surface area contributed by atoms with Gasteiger partial charge in [0.15, 0.2) is 5.82 Å². The summed E-state index contributed by atoms with van der Waals surface area (Å²) in [6, 6.07) is 99.7. The molecule has 406 valence electrons. The van der Waals surface area contributed by atoms with E-state index in [1.54, 1.807) is 0 Å². The molecule has 3 heterocycles. The van der Waals surface area contributed by atoms with Crippen molar-refractivity contribution in [3.05, 3.63) is 295 Å². The lowest BCUT2D eigenvalue weighted by molar-refractivity contribution is 0.660. The third-order valence-corrected chi connectivity index (χ3v) is 18.8. The first-order valence-electron chi connectivity index (χ1n) is 29.8. The molecule has 0 aliphatic heterocycles. The molecule has 3 aromatic heterocycles. The van der Waals surface area contributed by atoms with Gasteiger partial charge in [0.2, 0.25) is 11.9 Å². The topological polar surface area (TPSA) is 48.5 Å². The number of hydrogen-bond acceptors (Lipinski definition) is 3. The van der Waals surface area contributed by atoms with Crippen LogP contribution in [0.25, 0.3) is 145 Å². The van der Waals surface area contributed by atoms with E-state index in [2.05, 4.69) is 310 Å². The number of fused-ring (bicyclic) bond motifs is 12. The summed E-state index contributed by atoms with van der Waals surface area (Å²) in [5, 5.41) is 4.51. The molecule has 17 rings (SSSR count). The lowest BCUT2D eigenvalue weighted by Gasteiger charge is -2.22. The van der Waals surface area contributed by atoms with Crippen LogP contribution in [0, 0.1) is 0 Å². The number of rotatable bonds is 8. The van der Waals surface area contributed by atoms with Gasteiger partial charge in [-0.05, 0) is 161 Å². The van der Waals surface area contributed by atoms with Gasteiger partial charge in [-0.1, -0.05) is 240 Å². The van der Waals surface area contributed by atoms with Crippen molar-refractivity contribution in [1.82, 2.24) is 24.1 Å². The molecule has 0 radical (unpaired) electrons. The smallest absolute Gasteiger partial charge is 0.240 e. The van der Waals surface area contributed by atoms with E-state index in [1.165, 1.54) is 72.3 Å². The lowest BCUT2D eigenvalue weighted by atomic mass is 9.81. The van der Waals surface area contributed by atoms with Gasteiger partial charge in [-0.25, -0.2) is 0 Å². The number of hydrogen-bond donors (Lipinski definition) is 0. The van der Waals surface area contributed by atoms with Crippen LogP contribution in [0.5, 0.6) is 0 Å². The summed E-state index contributed by atoms with van der Waals surface area (Å²) in [5.41, 5.74) is 27.0. The van der Waals surface area contributed by atoms with Gasteiger partial charge in [-0.3, -0.25) is 9.13 Å². The lowest BCUT2D eigenvalue weighted by Crippen LogP contribution is -2.14. The molecule has 0 atom stereocenters. The second-order valence-corrected chi connectivity index (χ2v) is 24.4. The Morgan fingerprint density at radius 1 is 0.233 bits per heavy atom. The van der Waals surface area contributed by atoms with Crippen LogP contribution in [0.4, 0.5) is 0 Å². The maximum absolute atomic E-state index is 5.62. The van der Waals surface area contributed by atoms with Crippen molar-refractivity contribution in [2.24, 2.45) is 0 Å². The van der Waals surface area contributed by atoms with Crippen molar-refractivity contribution in [3.8, 4) is 101 Å². The fraction of sp³-hybridized carbons (Fsp3) is 0.0741. The molecule has 2 aliphatic rings. The minimum absolute atomic E-state index is 0.112. The summed E-state index contributed by atoms with van der Waals surface area (Å²) in [5.74, 6) is 1.65. The Labute approximate surface area is 499 Å². The standard InChI is InChI=1S/C81H57N5/c1-80(2)69-30-15-11-26-60(69)62-40-35-56(48-71(62)80)54-37-42-75-67(46-54)64-28-13-17-32-73(64)85(75)78-82-77(58-25-19-24-52(44-58)53-34-39-59(50-20-7-5-8-21-50)66(45-53)51-22-9-6-10-23-51)83-79(84-78)86-74-33-18-14-29-65(74)68-47-55(38-43-76(68)86)57-36-41-63-61-27-12-16-31-70(61)81(3,4)72(63)49-57/h5-49H,1-4H3. The van der Waals surface area contributed by atoms with E-state index in [0.29, 0.717) is 17.7 Å². The average Bonchev–Trinajstić information content (AvgIpc) is 2.09. The van der Waals surface area contributed by atoms with E-state index in [4.69, 9.17) is 15.0 Å². The van der Waals surface area contributed by atoms with Gasteiger partial charge < -0.3 is 0 Å². The Kier molecular flexibility index (Phi) is 10.9. The largest absolute Gasteiger partial charge is 0.278 e. The summed E-state index contributed by atoms with van der Waals surface area (Å²) < 4.78 is 4.48. The van der Waals surface area contributed by atoms with E-state index in [0.717, 1.165) is 77.0 Å². The molecule has 0 saturated carbocycles. The van der Waals surface area contributed by atoms with Crippen LogP contribution < -0.4 is 0 Å². The fourth-order valence-electron chi connectivity index (χ4n) is 14.5. The second-order valence-electron chi connectivity index (χ2n) is 24.4. The highest BCUT2D eigenvalue weighted by Crippen LogP contribution is 2.52. The van der Waals surface area contributed by atoms with Crippen LogP contribution in [0.15, 0.2) is 273 Å². The van der Waals surface area contributed by atoms with E-state index < -0.39 is 0 Å². The summed E-state index contributed by atoms with van der Waals surface area (Å²) >= 11 is 0. The molecule has 0 saturated heterocycles. The third kappa shape index (κ3) is 7.60. The van der Waals surface area contributed by atoms with Gasteiger partial charge in [0, 0.05) is 37.9 Å². The van der Waals surface area contributed by atoms with Crippen molar-refractivity contribution in [2.75, 3.05) is 0 Å². The highest BCUT2D eigenvalue weighted by molar-refractivity contribution is 6.12. The van der Waals surface area contributed by atoms with Gasteiger partial charge >= 0.3 is 0 Å². The molecule has 0 bridgehead atoms. The summed E-state index contributed by atoms with van der Waals surface area (Å²) in [7, 11) is 0. The molecule has 0 unspecified atom stereocenters. The first-order chi connectivity index (χ1) is 42.1. The zero-order chi connectivity index (χ0) is 57.4. The normalized spacial score (nSPS) is 13.5. The zero-order valence-corrected chi connectivity index (χ0v) is 48.2. The quantitative estimate of drug-likeness (QED) is 0.152. The molecule has 2 aliphatic carbocycles.